The van der Waals surface area contributed by atoms with Gasteiger partial charge in [-0.3, -0.25) is 10.1 Å². The Morgan fingerprint density at radius 1 is 1.17 bits per heavy atom. The van der Waals surface area contributed by atoms with E-state index < -0.39 is 28.1 Å². The molecule has 0 amide bonds. The lowest BCUT2D eigenvalue weighted by Crippen LogP contribution is -1.90. The average molecular weight is 318 g/mol. The topological polar surface area (TPSA) is 135 Å². The van der Waals surface area contributed by atoms with Gasteiger partial charge in [0.05, 0.1) is 4.92 Å². The van der Waals surface area contributed by atoms with Gasteiger partial charge in [-0.2, -0.15) is 4.39 Å². The second-order valence-corrected chi connectivity index (χ2v) is 4.38. The van der Waals surface area contributed by atoms with E-state index in [1.165, 1.54) is 12.1 Å². The van der Waals surface area contributed by atoms with E-state index in [4.69, 9.17) is 4.42 Å². The van der Waals surface area contributed by atoms with Crippen molar-refractivity contribution < 1.29 is 23.9 Å². The summed E-state index contributed by atoms with van der Waals surface area (Å²) in [5, 5.41) is 37.2. The summed E-state index contributed by atoms with van der Waals surface area (Å²) in [5.41, 5.74) is -0.618. The minimum Gasteiger partial charge on any atom is -0.504 e. The van der Waals surface area contributed by atoms with E-state index in [-0.39, 0.29) is 23.0 Å². The highest BCUT2D eigenvalue weighted by atomic mass is 19.1. The number of hydrogen-bond acceptors (Lipinski definition) is 8. The second kappa shape index (κ2) is 5.33. The van der Waals surface area contributed by atoms with Crippen LogP contribution in [0.2, 0.25) is 0 Å². The summed E-state index contributed by atoms with van der Waals surface area (Å²) in [7, 11) is 0. The molecule has 116 valence electrons. The fraction of sp³-hybridized carbons (Fsp3) is 0. The van der Waals surface area contributed by atoms with Crippen LogP contribution in [-0.2, 0) is 0 Å². The van der Waals surface area contributed by atoms with Crippen molar-refractivity contribution in [1.29, 1.82) is 0 Å². The second-order valence-electron chi connectivity index (χ2n) is 4.38. The maximum atomic E-state index is 13.1. The van der Waals surface area contributed by atoms with Crippen LogP contribution >= 0.6 is 0 Å². The predicted octanol–water partition coefficient (Wildman–Crippen LogP) is 2.26. The van der Waals surface area contributed by atoms with Crippen LogP contribution in [0.1, 0.15) is 0 Å². The Balaban J connectivity index is 2.06. The summed E-state index contributed by atoms with van der Waals surface area (Å²) in [6.45, 7) is 0. The number of rotatable bonds is 3. The van der Waals surface area contributed by atoms with Gasteiger partial charge in [0, 0.05) is 11.6 Å². The first kappa shape index (κ1) is 14.4. The van der Waals surface area contributed by atoms with Gasteiger partial charge in [0.1, 0.15) is 5.69 Å². The van der Waals surface area contributed by atoms with Gasteiger partial charge >= 0.3 is 5.69 Å². The van der Waals surface area contributed by atoms with E-state index in [1.54, 1.807) is 0 Å². The molecule has 2 N–H and O–H groups in total. The van der Waals surface area contributed by atoms with Gasteiger partial charge in [-0.25, -0.2) is 4.98 Å². The maximum Gasteiger partial charge on any atom is 0.315 e. The molecule has 0 aliphatic heterocycles. The highest BCUT2D eigenvalue weighted by Gasteiger charge is 2.22. The minimum absolute atomic E-state index is 0.0159. The fourth-order valence-electron chi connectivity index (χ4n) is 1.84. The first-order chi connectivity index (χ1) is 11.0. The number of aromatic nitrogens is 3. The third kappa shape index (κ3) is 2.64. The van der Waals surface area contributed by atoms with E-state index >= 15 is 0 Å². The highest BCUT2D eigenvalue weighted by molar-refractivity contribution is 5.68. The number of phenolic OH excluding ortho intramolecular Hbond substituents is 2. The summed E-state index contributed by atoms with van der Waals surface area (Å²) in [5.74, 6) is -2.58. The van der Waals surface area contributed by atoms with Crippen LogP contribution in [0.4, 0.5) is 10.1 Å². The highest BCUT2D eigenvalue weighted by Crippen LogP contribution is 2.39. The molecule has 0 atom stereocenters. The Labute approximate surface area is 126 Å². The number of nitro groups is 1. The fourth-order valence-corrected chi connectivity index (χ4v) is 1.84. The van der Waals surface area contributed by atoms with Crippen LogP contribution < -0.4 is 0 Å². The molecule has 9 nitrogen and oxygen atoms in total. The summed E-state index contributed by atoms with van der Waals surface area (Å²) in [4.78, 5) is 13.5. The number of nitrogens with zero attached hydrogens (tertiary/aromatic N) is 4. The van der Waals surface area contributed by atoms with Crippen LogP contribution in [0, 0.1) is 16.1 Å². The zero-order chi connectivity index (χ0) is 16.6. The largest absolute Gasteiger partial charge is 0.504 e. The Morgan fingerprint density at radius 3 is 2.61 bits per heavy atom. The molecule has 0 saturated carbocycles. The first-order valence-corrected chi connectivity index (χ1v) is 6.13. The summed E-state index contributed by atoms with van der Waals surface area (Å²) >= 11 is 0. The molecule has 0 aliphatic carbocycles. The molecule has 0 bridgehead atoms. The van der Waals surface area contributed by atoms with Gasteiger partial charge in [-0.1, -0.05) is 6.07 Å². The molecule has 23 heavy (non-hydrogen) atoms. The number of nitro benzene ring substituents is 1. The molecular formula is C13H7FN4O5. The molecule has 3 rings (SSSR count). The monoisotopic (exact) mass is 318 g/mol. The number of phenols is 2. The third-order valence-corrected chi connectivity index (χ3v) is 2.87. The Morgan fingerprint density at radius 2 is 1.91 bits per heavy atom. The molecule has 0 radical (unpaired) electrons. The van der Waals surface area contributed by atoms with Gasteiger partial charge in [0.2, 0.25) is 17.6 Å². The molecule has 0 unspecified atom stereocenters. The van der Waals surface area contributed by atoms with E-state index in [0.717, 1.165) is 18.2 Å². The smallest absolute Gasteiger partial charge is 0.315 e. The lowest BCUT2D eigenvalue weighted by Gasteiger charge is -2.01. The van der Waals surface area contributed by atoms with Gasteiger partial charge in [0.15, 0.2) is 5.75 Å². The summed E-state index contributed by atoms with van der Waals surface area (Å²) in [6, 6.07) is 5.97. The molecule has 0 spiro atoms. The van der Waals surface area contributed by atoms with E-state index in [2.05, 4.69) is 15.2 Å². The van der Waals surface area contributed by atoms with Crippen molar-refractivity contribution in [2.45, 2.75) is 0 Å². The number of hydrogen-bond donors (Lipinski definition) is 2. The molecule has 0 aliphatic rings. The van der Waals surface area contributed by atoms with E-state index in [1.807, 2.05) is 0 Å². The van der Waals surface area contributed by atoms with Crippen LogP contribution in [0.3, 0.4) is 0 Å². The molecule has 2 heterocycles. The SMILES string of the molecule is O=[N+]([O-])c1cc(-c2nnc(-c3cccc(F)n3)o2)cc(O)c1O. The van der Waals surface area contributed by atoms with E-state index in [0.29, 0.717) is 0 Å². The molecule has 1 aromatic carbocycles. The van der Waals surface area contributed by atoms with Crippen molar-refractivity contribution in [2.24, 2.45) is 0 Å². The zero-order valence-electron chi connectivity index (χ0n) is 11.2. The normalized spacial score (nSPS) is 10.7. The van der Waals surface area contributed by atoms with Crippen LogP contribution in [0.15, 0.2) is 34.7 Å². The lowest BCUT2D eigenvalue weighted by atomic mass is 10.1. The van der Waals surface area contributed by atoms with Gasteiger partial charge in [-0.05, 0) is 18.2 Å². The van der Waals surface area contributed by atoms with Gasteiger partial charge in [0.25, 0.3) is 5.89 Å². The maximum absolute atomic E-state index is 13.1. The van der Waals surface area contributed by atoms with E-state index in [9.17, 15) is 24.7 Å². The Bertz CT molecular complexity index is 911. The number of benzene rings is 1. The van der Waals surface area contributed by atoms with Crippen molar-refractivity contribution in [1.82, 2.24) is 15.2 Å². The van der Waals surface area contributed by atoms with Gasteiger partial charge < -0.3 is 14.6 Å². The summed E-state index contributed by atoms with van der Waals surface area (Å²) in [6.07, 6.45) is 0. The Hall–Kier alpha value is -3.56. The predicted molar refractivity (Wildman–Crippen MR) is 72.9 cm³/mol. The minimum atomic E-state index is -0.871. The molecule has 0 fully saturated rings. The van der Waals surface area contributed by atoms with Gasteiger partial charge in [-0.15, -0.1) is 10.2 Å². The average Bonchev–Trinajstić information content (AvgIpc) is 2.99. The molecule has 0 saturated heterocycles. The first-order valence-electron chi connectivity index (χ1n) is 6.13. The van der Waals surface area contributed by atoms with Crippen molar-refractivity contribution in [2.75, 3.05) is 0 Å². The van der Waals surface area contributed by atoms with Crippen LogP contribution in [-0.4, -0.2) is 30.3 Å². The van der Waals surface area contributed by atoms with Crippen molar-refractivity contribution in [3.05, 3.63) is 46.4 Å². The summed E-state index contributed by atoms with van der Waals surface area (Å²) < 4.78 is 18.4. The third-order valence-electron chi connectivity index (χ3n) is 2.87. The number of halogens is 1. The standard InChI is InChI=1S/C13H7FN4O5/c14-10-3-1-2-7(15-10)13-17-16-12(23-13)6-4-8(18(21)22)11(20)9(19)5-6/h1-5,19-20H. The molecular weight excluding hydrogens is 311 g/mol. The zero-order valence-corrected chi connectivity index (χ0v) is 11.2. The molecule has 10 heteroatoms. The molecule has 2 aromatic heterocycles. The quantitative estimate of drug-likeness (QED) is 0.325. The lowest BCUT2D eigenvalue weighted by molar-refractivity contribution is -0.385. The van der Waals surface area contributed by atoms with Crippen molar-refractivity contribution in [3.63, 3.8) is 0 Å². The number of pyridine rings is 1. The van der Waals surface area contributed by atoms with Crippen molar-refractivity contribution in [3.8, 4) is 34.5 Å². The van der Waals surface area contributed by atoms with Crippen LogP contribution in [0.5, 0.6) is 11.5 Å². The number of aromatic hydroxyl groups is 2. The van der Waals surface area contributed by atoms with Crippen molar-refractivity contribution >= 4 is 5.69 Å². The van der Waals surface area contributed by atoms with Crippen LogP contribution in [0.25, 0.3) is 23.0 Å². The Kier molecular flexibility index (Phi) is 3.33. The molecule has 3 aromatic rings.